The molecule has 1 N–H and O–H groups in total. The van der Waals surface area contributed by atoms with Gasteiger partial charge >= 0.3 is 0 Å². The van der Waals surface area contributed by atoms with Crippen LogP contribution in [0.2, 0.25) is 0 Å². The van der Waals surface area contributed by atoms with Gasteiger partial charge in [-0.3, -0.25) is 4.90 Å². The minimum Gasteiger partial charge on any atom is -0.381 e. The second kappa shape index (κ2) is 5.34. The molecule has 3 nitrogen and oxygen atoms in total. The van der Waals surface area contributed by atoms with E-state index in [0.29, 0.717) is 17.7 Å². The molecule has 4 atom stereocenters. The van der Waals surface area contributed by atoms with Crippen LogP contribution in [-0.4, -0.2) is 48.8 Å². The van der Waals surface area contributed by atoms with Crippen molar-refractivity contribution in [2.24, 2.45) is 5.92 Å². The van der Waals surface area contributed by atoms with Crippen molar-refractivity contribution in [3.05, 3.63) is 0 Å². The van der Waals surface area contributed by atoms with Crippen LogP contribution < -0.4 is 5.32 Å². The van der Waals surface area contributed by atoms with E-state index in [0.717, 1.165) is 12.0 Å². The topological polar surface area (TPSA) is 24.5 Å². The van der Waals surface area contributed by atoms with Crippen molar-refractivity contribution in [2.75, 3.05) is 20.2 Å². The zero-order valence-electron chi connectivity index (χ0n) is 12.8. The summed E-state index contributed by atoms with van der Waals surface area (Å²) in [6, 6.07) is 1.38. The summed E-state index contributed by atoms with van der Waals surface area (Å²) in [6.07, 6.45) is 8.57. The maximum Gasteiger partial charge on any atom is 0.0586 e. The third-order valence-corrected chi connectivity index (χ3v) is 5.76. The molecular weight excluding hydrogens is 236 g/mol. The minimum atomic E-state index is 0.396. The van der Waals surface area contributed by atoms with E-state index in [2.05, 4.69) is 24.1 Å². The number of hydrogen-bond acceptors (Lipinski definition) is 3. The third-order valence-electron chi connectivity index (χ3n) is 5.76. The highest BCUT2D eigenvalue weighted by atomic mass is 16.5. The molecule has 3 fully saturated rings. The summed E-state index contributed by atoms with van der Waals surface area (Å²) < 4.78 is 5.64. The average molecular weight is 266 g/mol. The highest BCUT2D eigenvalue weighted by Crippen LogP contribution is 2.46. The molecule has 2 saturated carbocycles. The average Bonchev–Trinajstić information content (AvgIpc) is 3.26. The fourth-order valence-corrected chi connectivity index (χ4v) is 4.32. The summed E-state index contributed by atoms with van der Waals surface area (Å²) in [4.78, 5) is 2.86. The molecule has 19 heavy (non-hydrogen) atoms. The number of nitrogens with zero attached hydrogens (tertiary/aromatic N) is 1. The van der Waals surface area contributed by atoms with Gasteiger partial charge in [-0.1, -0.05) is 0 Å². The van der Waals surface area contributed by atoms with Crippen LogP contribution in [0.25, 0.3) is 0 Å². The second-order valence-corrected chi connectivity index (χ2v) is 7.24. The van der Waals surface area contributed by atoms with E-state index in [1.54, 1.807) is 0 Å². The molecule has 2 aliphatic carbocycles. The molecule has 110 valence electrons. The van der Waals surface area contributed by atoms with Crippen LogP contribution in [0.3, 0.4) is 0 Å². The Morgan fingerprint density at radius 3 is 2.68 bits per heavy atom. The van der Waals surface area contributed by atoms with Crippen molar-refractivity contribution in [3.63, 3.8) is 0 Å². The van der Waals surface area contributed by atoms with Crippen molar-refractivity contribution in [1.29, 1.82) is 0 Å². The maximum atomic E-state index is 5.64. The number of piperazine rings is 1. The Bertz CT molecular complexity index is 318. The van der Waals surface area contributed by atoms with Crippen LogP contribution in [0.1, 0.15) is 52.4 Å². The number of ether oxygens (including phenoxy) is 1. The first-order valence-electron chi connectivity index (χ1n) is 8.16. The van der Waals surface area contributed by atoms with Gasteiger partial charge in [-0.05, 0) is 58.3 Å². The molecule has 3 heteroatoms. The van der Waals surface area contributed by atoms with Crippen molar-refractivity contribution in [2.45, 2.75) is 76.1 Å². The first kappa shape index (κ1) is 13.8. The van der Waals surface area contributed by atoms with E-state index in [9.17, 15) is 0 Å². The Labute approximate surface area is 118 Å². The summed E-state index contributed by atoms with van der Waals surface area (Å²) >= 11 is 0. The van der Waals surface area contributed by atoms with Crippen LogP contribution in [-0.2, 0) is 4.74 Å². The molecule has 4 unspecified atom stereocenters. The zero-order chi connectivity index (χ0) is 13.5. The lowest BCUT2D eigenvalue weighted by atomic mass is 9.83. The van der Waals surface area contributed by atoms with E-state index in [1.165, 1.54) is 51.6 Å². The molecular formula is C16H30N2O. The van der Waals surface area contributed by atoms with Gasteiger partial charge < -0.3 is 10.1 Å². The summed E-state index contributed by atoms with van der Waals surface area (Å²) in [5.41, 5.74) is 0.396. The lowest BCUT2D eigenvalue weighted by Gasteiger charge is -2.53. The molecule has 1 saturated heterocycles. The normalized spacial score (nSPS) is 45.3. The molecule has 0 amide bonds. The smallest absolute Gasteiger partial charge is 0.0586 e. The molecule has 3 rings (SSSR count). The van der Waals surface area contributed by atoms with Crippen molar-refractivity contribution >= 4 is 0 Å². The van der Waals surface area contributed by atoms with E-state index in [-0.39, 0.29) is 0 Å². The van der Waals surface area contributed by atoms with Crippen molar-refractivity contribution in [1.82, 2.24) is 10.2 Å². The number of hydrogen-bond donors (Lipinski definition) is 1. The standard InChI is InChI=1S/C16H30N2O/c1-12-10-18(14-5-4-6-15(9-14)19-3)16(2,11-17-12)13-7-8-13/h12-15,17H,4-11H2,1-3H3. The van der Waals surface area contributed by atoms with Gasteiger partial charge in [-0.25, -0.2) is 0 Å². The summed E-state index contributed by atoms with van der Waals surface area (Å²) in [5.74, 6) is 0.926. The van der Waals surface area contributed by atoms with Crippen LogP contribution in [0.15, 0.2) is 0 Å². The van der Waals surface area contributed by atoms with Gasteiger partial charge in [0.2, 0.25) is 0 Å². The van der Waals surface area contributed by atoms with Gasteiger partial charge in [0.15, 0.2) is 0 Å². The third kappa shape index (κ3) is 2.70. The maximum absolute atomic E-state index is 5.64. The molecule has 3 aliphatic rings. The van der Waals surface area contributed by atoms with E-state index in [4.69, 9.17) is 4.74 Å². The van der Waals surface area contributed by atoms with Gasteiger partial charge in [-0.2, -0.15) is 0 Å². The molecule has 0 spiro atoms. The van der Waals surface area contributed by atoms with Crippen LogP contribution in [0, 0.1) is 5.92 Å². The quantitative estimate of drug-likeness (QED) is 0.849. The fourth-order valence-electron chi connectivity index (χ4n) is 4.32. The lowest BCUT2D eigenvalue weighted by molar-refractivity contribution is -0.0413. The largest absolute Gasteiger partial charge is 0.381 e. The van der Waals surface area contributed by atoms with Crippen LogP contribution >= 0.6 is 0 Å². The number of rotatable bonds is 3. The predicted octanol–water partition coefficient (Wildman–Crippen LogP) is 2.41. The van der Waals surface area contributed by atoms with Gasteiger partial charge in [0, 0.05) is 37.8 Å². The molecule has 0 bridgehead atoms. The van der Waals surface area contributed by atoms with Gasteiger partial charge in [0.1, 0.15) is 0 Å². The predicted molar refractivity (Wildman–Crippen MR) is 78.4 cm³/mol. The van der Waals surface area contributed by atoms with Crippen LogP contribution in [0.4, 0.5) is 0 Å². The lowest BCUT2D eigenvalue weighted by Crippen LogP contribution is -2.67. The van der Waals surface area contributed by atoms with Gasteiger partial charge in [0.25, 0.3) is 0 Å². The Morgan fingerprint density at radius 2 is 2.00 bits per heavy atom. The Kier molecular flexibility index (Phi) is 3.89. The zero-order valence-corrected chi connectivity index (χ0v) is 12.8. The first-order chi connectivity index (χ1) is 9.13. The molecule has 0 aromatic rings. The van der Waals surface area contributed by atoms with E-state index < -0.39 is 0 Å². The first-order valence-corrected chi connectivity index (χ1v) is 8.16. The van der Waals surface area contributed by atoms with Crippen molar-refractivity contribution < 1.29 is 4.74 Å². The summed E-state index contributed by atoms with van der Waals surface area (Å²) in [6.45, 7) is 7.22. The number of nitrogens with one attached hydrogen (secondary N) is 1. The Balaban J connectivity index is 1.74. The fraction of sp³-hybridized carbons (Fsp3) is 1.00. The Hall–Kier alpha value is -0.120. The molecule has 0 radical (unpaired) electrons. The highest BCUT2D eigenvalue weighted by Gasteiger charge is 2.50. The van der Waals surface area contributed by atoms with Crippen molar-refractivity contribution in [3.8, 4) is 0 Å². The van der Waals surface area contributed by atoms with E-state index in [1.807, 2.05) is 7.11 Å². The molecule has 1 heterocycles. The Morgan fingerprint density at radius 1 is 1.21 bits per heavy atom. The second-order valence-electron chi connectivity index (χ2n) is 7.24. The minimum absolute atomic E-state index is 0.396. The molecule has 0 aromatic heterocycles. The monoisotopic (exact) mass is 266 g/mol. The number of methoxy groups -OCH3 is 1. The summed E-state index contributed by atoms with van der Waals surface area (Å²) in [7, 11) is 1.88. The SMILES string of the molecule is COC1CCCC(N2CC(C)NCC2(C)C2CC2)C1. The van der Waals surface area contributed by atoms with E-state index >= 15 is 0 Å². The molecule has 0 aromatic carbocycles. The van der Waals surface area contributed by atoms with Crippen LogP contribution in [0.5, 0.6) is 0 Å². The van der Waals surface area contributed by atoms with Gasteiger partial charge in [0.05, 0.1) is 6.10 Å². The highest BCUT2D eigenvalue weighted by molar-refractivity contribution is 5.06. The van der Waals surface area contributed by atoms with Gasteiger partial charge in [-0.15, -0.1) is 0 Å². The summed E-state index contributed by atoms with van der Waals surface area (Å²) in [5, 5.41) is 3.72. The molecule has 1 aliphatic heterocycles.